The number of nitrogens with zero attached hydrogens (tertiary/aromatic N) is 3. The second-order valence-corrected chi connectivity index (χ2v) is 5.49. The summed E-state index contributed by atoms with van der Waals surface area (Å²) in [6.07, 6.45) is 1.62. The highest BCUT2D eigenvalue weighted by Crippen LogP contribution is 2.26. The highest BCUT2D eigenvalue weighted by atomic mass is 16.5. The van der Waals surface area contributed by atoms with Crippen LogP contribution in [0, 0.1) is 0 Å². The fourth-order valence-electron chi connectivity index (χ4n) is 2.39. The molecule has 4 rings (SSSR count). The number of anilines is 1. The SMILES string of the molecule is O=C(Nc1nnc(-c2ccccn2)o1)c1ccccc1Oc1ccccc1. The average Bonchev–Trinajstić information content (AvgIpc) is 3.18. The van der Waals surface area contributed by atoms with Crippen LogP contribution < -0.4 is 10.1 Å². The molecule has 7 heteroatoms. The van der Waals surface area contributed by atoms with Gasteiger partial charge in [0.15, 0.2) is 0 Å². The van der Waals surface area contributed by atoms with Gasteiger partial charge < -0.3 is 9.15 Å². The van der Waals surface area contributed by atoms with Crippen molar-refractivity contribution < 1.29 is 13.9 Å². The number of amides is 1. The molecule has 1 amide bonds. The third-order valence-corrected chi connectivity index (χ3v) is 3.63. The summed E-state index contributed by atoms with van der Waals surface area (Å²) in [5.41, 5.74) is 0.872. The van der Waals surface area contributed by atoms with Crippen molar-refractivity contribution in [1.82, 2.24) is 15.2 Å². The first-order valence-electron chi connectivity index (χ1n) is 8.18. The molecule has 2 heterocycles. The Labute approximate surface area is 154 Å². The van der Waals surface area contributed by atoms with E-state index in [4.69, 9.17) is 9.15 Å². The molecule has 2 aromatic heterocycles. The second kappa shape index (κ2) is 7.49. The van der Waals surface area contributed by atoms with Crippen LogP contribution in [0.25, 0.3) is 11.6 Å². The van der Waals surface area contributed by atoms with Gasteiger partial charge in [0.05, 0.1) is 5.56 Å². The molecular weight excluding hydrogens is 344 g/mol. The largest absolute Gasteiger partial charge is 0.457 e. The fourth-order valence-corrected chi connectivity index (χ4v) is 2.39. The van der Waals surface area contributed by atoms with Gasteiger partial charge in [-0.1, -0.05) is 41.5 Å². The summed E-state index contributed by atoms with van der Waals surface area (Å²) in [5, 5.41) is 10.3. The summed E-state index contributed by atoms with van der Waals surface area (Å²) in [6.45, 7) is 0. The molecule has 132 valence electrons. The normalized spacial score (nSPS) is 10.4. The first-order chi connectivity index (χ1) is 13.3. The molecule has 0 aliphatic carbocycles. The minimum atomic E-state index is -0.419. The number of nitrogens with one attached hydrogen (secondary N) is 1. The number of benzene rings is 2. The first kappa shape index (κ1) is 16.5. The van der Waals surface area contributed by atoms with E-state index < -0.39 is 5.91 Å². The number of carbonyl (C=O) groups is 1. The molecule has 27 heavy (non-hydrogen) atoms. The van der Waals surface area contributed by atoms with Crippen molar-refractivity contribution in [2.75, 3.05) is 5.32 Å². The summed E-state index contributed by atoms with van der Waals surface area (Å²) in [7, 11) is 0. The number of hydrogen-bond acceptors (Lipinski definition) is 6. The van der Waals surface area contributed by atoms with E-state index in [1.165, 1.54) is 0 Å². The van der Waals surface area contributed by atoms with Crippen molar-refractivity contribution in [2.45, 2.75) is 0 Å². The van der Waals surface area contributed by atoms with E-state index in [-0.39, 0.29) is 11.9 Å². The lowest BCUT2D eigenvalue weighted by atomic mass is 10.2. The van der Waals surface area contributed by atoms with Crippen molar-refractivity contribution >= 4 is 11.9 Å². The van der Waals surface area contributed by atoms with Crippen LogP contribution >= 0.6 is 0 Å². The van der Waals surface area contributed by atoms with Crippen molar-refractivity contribution in [2.24, 2.45) is 0 Å². The minimum absolute atomic E-state index is 0.0184. The maximum Gasteiger partial charge on any atom is 0.322 e. The molecule has 0 saturated carbocycles. The summed E-state index contributed by atoms with van der Waals surface area (Å²) in [6, 6.07) is 21.5. The number of rotatable bonds is 5. The Bertz CT molecular complexity index is 1050. The highest BCUT2D eigenvalue weighted by molar-refractivity contribution is 6.05. The number of hydrogen-bond donors (Lipinski definition) is 1. The van der Waals surface area contributed by atoms with Gasteiger partial charge in [-0.25, -0.2) is 0 Å². The molecule has 0 aliphatic heterocycles. The van der Waals surface area contributed by atoms with Crippen LogP contribution in [0.5, 0.6) is 11.5 Å². The van der Waals surface area contributed by atoms with Crippen LogP contribution in [0.2, 0.25) is 0 Å². The van der Waals surface area contributed by atoms with E-state index >= 15 is 0 Å². The van der Waals surface area contributed by atoms with Gasteiger partial charge in [0.1, 0.15) is 17.2 Å². The van der Waals surface area contributed by atoms with E-state index in [1.807, 2.05) is 36.4 Å². The second-order valence-electron chi connectivity index (χ2n) is 5.49. The standard InChI is InChI=1S/C20H14N4O3/c25-18(22-20-24-23-19(27-20)16-11-6-7-13-21-16)15-10-4-5-12-17(15)26-14-8-2-1-3-9-14/h1-13H,(H,22,24,25). The van der Waals surface area contributed by atoms with Crippen molar-refractivity contribution in [3.05, 3.63) is 84.6 Å². The van der Waals surface area contributed by atoms with Gasteiger partial charge in [-0.05, 0) is 36.4 Å². The predicted octanol–water partition coefficient (Wildman–Crippen LogP) is 4.18. The Morgan fingerprint density at radius 3 is 2.48 bits per heavy atom. The molecule has 7 nitrogen and oxygen atoms in total. The van der Waals surface area contributed by atoms with Crippen LogP contribution in [0.4, 0.5) is 6.01 Å². The summed E-state index contributed by atoms with van der Waals surface area (Å²) < 4.78 is 11.3. The van der Waals surface area contributed by atoms with Gasteiger partial charge in [-0.3, -0.25) is 15.1 Å². The third kappa shape index (κ3) is 3.82. The number of carbonyl (C=O) groups excluding carboxylic acids is 1. The van der Waals surface area contributed by atoms with Gasteiger partial charge in [-0.2, -0.15) is 0 Å². The van der Waals surface area contributed by atoms with Gasteiger partial charge in [0.25, 0.3) is 11.8 Å². The molecule has 0 spiro atoms. The maximum atomic E-state index is 12.6. The zero-order chi connectivity index (χ0) is 18.5. The fraction of sp³-hybridized carbons (Fsp3) is 0. The lowest BCUT2D eigenvalue weighted by molar-refractivity contribution is 0.102. The number of aromatic nitrogens is 3. The van der Waals surface area contributed by atoms with E-state index in [9.17, 15) is 4.79 Å². The van der Waals surface area contributed by atoms with E-state index in [1.54, 1.807) is 42.6 Å². The topological polar surface area (TPSA) is 90.1 Å². The molecule has 0 atom stereocenters. The van der Waals surface area contributed by atoms with Gasteiger partial charge >= 0.3 is 6.01 Å². The number of pyridine rings is 1. The average molecular weight is 358 g/mol. The number of ether oxygens (including phenoxy) is 1. The lowest BCUT2D eigenvalue weighted by Crippen LogP contribution is -2.13. The van der Waals surface area contributed by atoms with E-state index in [0.29, 0.717) is 22.8 Å². The monoisotopic (exact) mass is 358 g/mol. The van der Waals surface area contributed by atoms with Crippen LogP contribution in [-0.2, 0) is 0 Å². The van der Waals surface area contributed by atoms with Crippen molar-refractivity contribution in [1.29, 1.82) is 0 Å². The van der Waals surface area contributed by atoms with E-state index in [2.05, 4.69) is 20.5 Å². The van der Waals surface area contributed by atoms with Crippen LogP contribution in [0.3, 0.4) is 0 Å². The Kier molecular flexibility index (Phi) is 4.57. The van der Waals surface area contributed by atoms with Gasteiger partial charge in [0, 0.05) is 6.20 Å². The van der Waals surface area contributed by atoms with Crippen molar-refractivity contribution in [3.63, 3.8) is 0 Å². The molecular formula is C20H14N4O3. The molecule has 2 aromatic carbocycles. The molecule has 4 aromatic rings. The highest BCUT2D eigenvalue weighted by Gasteiger charge is 2.17. The molecule has 0 aliphatic rings. The maximum absolute atomic E-state index is 12.6. The Hall–Kier alpha value is -4.00. The van der Waals surface area contributed by atoms with Crippen LogP contribution in [-0.4, -0.2) is 21.1 Å². The zero-order valence-corrected chi connectivity index (χ0v) is 14.1. The number of para-hydroxylation sites is 2. The minimum Gasteiger partial charge on any atom is -0.457 e. The Morgan fingerprint density at radius 2 is 1.67 bits per heavy atom. The molecule has 0 unspecified atom stereocenters. The molecule has 1 N–H and O–H groups in total. The Morgan fingerprint density at radius 1 is 0.889 bits per heavy atom. The zero-order valence-electron chi connectivity index (χ0n) is 14.1. The summed E-state index contributed by atoms with van der Waals surface area (Å²) in [5.74, 6) is 0.858. The molecule has 0 bridgehead atoms. The molecule has 0 radical (unpaired) electrons. The van der Waals surface area contributed by atoms with Crippen molar-refractivity contribution in [3.8, 4) is 23.1 Å². The van der Waals surface area contributed by atoms with Gasteiger partial charge in [0.2, 0.25) is 0 Å². The summed E-state index contributed by atoms with van der Waals surface area (Å²) in [4.78, 5) is 16.8. The van der Waals surface area contributed by atoms with Crippen LogP contribution in [0.15, 0.2) is 83.4 Å². The smallest absolute Gasteiger partial charge is 0.322 e. The summed E-state index contributed by atoms with van der Waals surface area (Å²) >= 11 is 0. The lowest BCUT2D eigenvalue weighted by Gasteiger charge is -2.10. The predicted molar refractivity (Wildman–Crippen MR) is 98.4 cm³/mol. The molecule has 0 saturated heterocycles. The first-order valence-corrected chi connectivity index (χ1v) is 8.18. The third-order valence-electron chi connectivity index (χ3n) is 3.63. The van der Waals surface area contributed by atoms with Gasteiger partial charge in [-0.15, -0.1) is 5.10 Å². The van der Waals surface area contributed by atoms with E-state index in [0.717, 1.165) is 0 Å². The Balaban J connectivity index is 1.53. The quantitative estimate of drug-likeness (QED) is 0.576. The van der Waals surface area contributed by atoms with Crippen LogP contribution in [0.1, 0.15) is 10.4 Å². The molecule has 0 fully saturated rings.